The van der Waals surface area contributed by atoms with Gasteiger partial charge in [-0.1, -0.05) is 43.3 Å². The van der Waals surface area contributed by atoms with Crippen molar-refractivity contribution < 1.29 is 19.1 Å². The van der Waals surface area contributed by atoms with Crippen LogP contribution in [0.2, 0.25) is 0 Å². The van der Waals surface area contributed by atoms with Crippen molar-refractivity contribution in [1.29, 1.82) is 0 Å². The molecule has 0 fully saturated rings. The largest absolute Gasteiger partial charge is 0.459 e. The summed E-state index contributed by atoms with van der Waals surface area (Å²) in [4.78, 5) is 24.2. The monoisotopic (exact) mass is 319 g/mol. The van der Waals surface area contributed by atoms with Crippen molar-refractivity contribution in [3.05, 3.63) is 48.6 Å². The van der Waals surface area contributed by atoms with Gasteiger partial charge in [-0.2, -0.15) is 0 Å². The van der Waals surface area contributed by atoms with Gasteiger partial charge < -0.3 is 14.8 Å². The lowest BCUT2D eigenvalue weighted by Crippen LogP contribution is -2.47. The number of carbonyl (C=O) groups is 2. The molecule has 0 aliphatic rings. The van der Waals surface area contributed by atoms with Gasteiger partial charge in [-0.3, -0.25) is 0 Å². The average molecular weight is 319 g/mol. The fraction of sp³-hybridized carbons (Fsp3) is 0.444. The number of carbonyl (C=O) groups excluding carboxylic acids is 2. The van der Waals surface area contributed by atoms with E-state index in [9.17, 15) is 9.59 Å². The molecule has 23 heavy (non-hydrogen) atoms. The summed E-state index contributed by atoms with van der Waals surface area (Å²) < 4.78 is 10.5. The molecule has 2 atom stereocenters. The molecule has 1 aromatic carbocycles. The molecule has 0 heterocycles. The molecule has 1 rings (SSSR count). The summed E-state index contributed by atoms with van der Waals surface area (Å²) in [6, 6.07) is 8.50. The molecule has 0 saturated heterocycles. The van der Waals surface area contributed by atoms with Crippen LogP contribution in [0.3, 0.4) is 0 Å². The minimum Gasteiger partial charge on any atom is -0.459 e. The highest BCUT2D eigenvalue weighted by atomic mass is 16.6. The molecule has 0 radical (unpaired) electrons. The number of nitrogens with one attached hydrogen (secondary N) is 1. The predicted molar refractivity (Wildman–Crippen MR) is 88.8 cm³/mol. The van der Waals surface area contributed by atoms with E-state index in [0.717, 1.165) is 5.56 Å². The van der Waals surface area contributed by atoms with Gasteiger partial charge in [0.1, 0.15) is 18.2 Å². The molecule has 0 spiro atoms. The molecule has 0 unspecified atom stereocenters. The number of alkyl carbamates (subject to hydrolysis) is 1. The lowest BCUT2D eigenvalue weighted by molar-refractivity contribution is -0.148. The van der Waals surface area contributed by atoms with E-state index < -0.39 is 23.7 Å². The summed E-state index contributed by atoms with van der Waals surface area (Å²) in [6.07, 6.45) is 0.930. The minimum atomic E-state index is -0.842. The van der Waals surface area contributed by atoms with Crippen molar-refractivity contribution in [2.45, 2.75) is 45.9 Å². The Kier molecular flexibility index (Phi) is 6.82. The van der Waals surface area contributed by atoms with Crippen LogP contribution in [-0.4, -0.2) is 23.7 Å². The zero-order valence-corrected chi connectivity index (χ0v) is 14.2. The van der Waals surface area contributed by atoms with Crippen molar-refractivity contribution in [2.75, 3.05) is 0 Å². The van der Waals surface area contributed by atoms with Crippen LogP contribution in [0, 0.1) is 5.92 Å². The van der Waals surface area contributed by atoms with Crippen LogP contribution in [0.1, 0.15) is 33.3 Å². The fourth-order valence-electron chi connectivity index (χ4n) is 1.79. The number of ether oxygens (including phenoxy) is 2. The van der Waals surface area contributed by atoms with Crippen LogP contribution in [0.25, 0.3) is 0 Å². The molecular formula is C18H25NO4. The van der Waals surface area contributed by atoms with E-state index in [0.29, 0.717) is 0 Å². The molecule has 1 amide bonds. The number of hydrogen-bond donors (Lipinski definition) is 1. The summed E-state index contributed by atoms with van der Waals surface area (Å²) in [6.45, 7) is 10.9. The van der Waals surface area contributed by atoms with E-state index >= 15 is 0 Å². The van der Waals surface area contributed by atoms with Gasteiger partial charge in [-0.25, -0.2) is 9.59 Å². The summed E-state index contributed by atoms with van der Waals surface area (Å²) in [5.74, 6) is -0.807. The second-order valence-electron chi connectivity index (χ2n) is 6.31. The van der Waals surface area contributed by atoms with Gasteiger partial charge in [-0.15, -0.1) is 6.58 Å². The lowest BCUT2D eigenvalue weighted by Gasteiger charge is -2.25. The smallest absolute Gasteiger partial charge is 0.408 e. The van der Waals surface area contributed by atoms with E-state index in [1.807, 2.05) is 30.3 Å². The maximum atomic E-state index is 12.3. The Morgan fingerprint density at radius 3 is 2.39 bits per heavy atom. The molecule has 5 heteroatoms. The molecular weight excluding hydrogens is 294 g/mol. The van der Waals surface area contributed by atoms with Crippen molar-refractivity contribution in [1.82, 2.24) is 5.32 Å². The molecule has 0 aliphatic heterocycles. The number of rotatable bonds is 6. The second-order valence-corrected chi connectivity index (χ2v) is 6.31. The van der Waals surface area contributed by atoms with Crippen LogP contribution >= 0.6 is 0 Å². The molecule has 0 saturated carbocycles. The topological polar surface area (TPSA) is 64.6 Å². The standard InChI is InChI=1S/C18H25NO4/c1-6-13(2)15(19-17(21)23-18(3,4)5)16(20)22-12-14-10-8-7-9-11-14/h6-11,13,15H,1,12H2,2-5H3,(H,19,21)/t13-,15-/m1/s1. The van der Waals surface area contributed by atoms with Crippen LogP contribution < -0.4 is 5.32 Å². The van der Waals surface area contributed by atoms with Gasteiger partial charge in [0.15, 0.2) is 0 Å². The second kappa shape index (κ2) is 8.36. The highest BCUT2D eigenvalue weighted by molar-refractivity contribution is 5.82. The van der Waals surface area contributed by atoms with Crippen molar-refractivity contribution >= 4 is 12.1 Å². The zero-order chi connectivity index (χ0) is 17.5. The first kappa shape index (κ1) is 18.7. The first-order valence-electron chi connectivity index (χ1n) is 7.55. The Morgan fingerprint density at radius 2 is 1.87 bits per heavy atom. The molecule has 0 aromatic heterocycles. The molecule has 0 bridgehead atoms. The summed E-state index contributed by atoms with van der Waals surface area (Å²) in [5.41, 5.74) is 0.239. The Balaban J connectivity index is 2.67. The van der Waals surface area contributed by atoms with Crippen LogP contribution in [0.15, 0.2) is 43.0 Å². The Bertz CT molecular complexity index is 534. The van der Waals surface area contributed by atoms with Gasteiger partial charge in [-0.05, 0) is 26.3 Å². The predicted octanol–water partition coefficient (Wildman–Crippen LogP) is 3.45. The zero-order valence-electron chi connectivity index (χ0n) is 14.2. The molecule has 0 aliphatic carbocycles. The first-order chi connectivity index (χ1) is 10.7. The summed E-state index contributed by atoms with van der Waals surface area (Å²) in [5, 5.41) is 2.55. The van der Waals surface area contributed by atoms with Gasteiger partial charge in [0, 0.05) is 5.92 Å². The summed E-state index contributed by atoms with van der Waals surface area (Å²) in [7, 11) is 0. The molecule has 126 valence electrons. The molecule has 5 nitrogen and oxygen atoms in total. The third-order valence-corrected chi connectivity index (χ3v) is 3.05. The summed E-state index contributed by atoms with van der Waals surface area (Å²) >= 11 is 0. The third-order valence-electron chi connectivity index (χ3n) is 3.05. The van der Waals surface area contributed by atoms with Gasteiger partial charge in [0.25, 0.3) is 0 Å². The highest BCUT2D eigenvalue weighted by Crippen LogP contribution is 2.11. The number of benzene rings is 1. The highest BCUT2D eigenvalue weighted by Gasteiger charge is 2.29. The maximum Gasteiger partial charge on any atom is 0.408 e. The number of hydrogen-bond acceptors (Lipinski definition) is 4. The fourth-order valence-corrected chi connectivity index (χ4v) is 1.79. The van der Waals surface area contributed by atoms with Gasteiger partial charge in [0.05, 0.1) is 0 Å². The maximum absolute atomic E-state index is 12.3. The Morgan fingerprint density at radius 1 is 1.26 bits per heavy atom. The van der Waals surface area contributed by atoms with E-state index in [-0.39, 0.29) is 12.5 Å². The van der Waals surface area contributed by atoms with E-state index in [2.05, 4.69) is 11.9 Å². The molecule has 1 aromatic rings. The first-order valence-corrected chi connectivity index (χ1v) is 7.55. The van der Waals surface area contributed by atoms with E-state index in [1.165, 1.54) is 0 Å². The Hall–Kier alpha value is -2.30. The third kappa shape index (κ3) is 7.00. The van der Waals surface area contributed by atoms with Gasteiger partial charge >= 0.3 is 12.1 Å². The SMILES string of the molecule is C=C[C@@H](C)[C@@H](NC(=O)OC(C)(C)C)C(=O)OCc1ccccc1. The van der Waals surface area contributed by atoms with Crippen molar-refractivity contribution in [3.63, 3.8) is 0 Å². The minimum absolute atomic E-state index is 0.149. The van der Waals surface area contributed by atoms with E-state index in [4.69, 9.17) is 9.47 Å². The van der Waals surface area contributed by atoms with Crippen LogP contribution in [0.4, 0.5) is 4.79 Å². The molecule has 1 N–H and O–H groups in total. The average Bonchev–Trinajstić information content (AvgIpc) is 2.49. The van der Waals surface area contributed by atoms with Crippen LogP contribution in [-0.2, 0) is 20.9 Å². The lowest BCUT2D eigenvalue weighted by atomic mass is 10.0. The van der Waals surface area contributed by atoms with Crippen molar-refractivity contribution in [2.24, 2.45) is 5.92 Å². The van der Waals surface area contributed by atoms with E-state index in [1.54, 1.807) is 33.8 Å². The van der Waals surface area contributed by atoms with Crippen LogP contribution in [0.5, 0.6) is 0 Å². The quantitative estimate of drug-likeness (QED) is 0.644. The number of esters is 1. The van der Waals surface area contributed by atoms with Gasteiger partial charge in [0.2, 0.25) is 0 Å². The Labute approximate surface area is 137 Å². The number of amides is 1. The normalized spacial score (nSPS) is 13.6. The van der Waals surface area contributed by atoms with Crippen molar-refractivity contribution in [3.8, 4) is 0 Å².